The van der Waals surface area contributed by atoms with Crippen LogP contribution < -0.4 is 0 Å². The predicted molar refractivity (Wildman–Crippen MR) is 64.5 cm³/mol. The molecule has 2 fully saturated rings. The molecule has 0 spiro atoms. The molecule has 0 bridgehead atoms. The van der Waals surface area contributed by atoms with Crippen molar-refractivity contribution in [1.82, 2.24) is 0 Å². The highest BCUT2D eigenvalue weighted by Gasteiger charge is 2.26. The lowest BCUT2D eigenvalue weighted by molar-refractivity contribution is -0.115. The highest BCUT2D eigenvalue weighted by molar-refractivity contribution is 5.60. The molecule has 0 unspecified atom stereocenters. The van der Waals surface area contributed by atoms with Gasteiger partial charge in [-0.2, -0.15) is 0 Å². The van der Waals surface area contributed by atoms with Crippen molar-refractivity contribution < 1.29 is 14.3 Å². The Bertz CT molecular complexity index is 253. The van der Waals surface area contributed by atoms with Gasteiger partial charge in [0.15, 0.2) is 0 Å². The van der Waals surface area contributed by atoms with Gasteiger partial charge < -0.3 is 15.0 Å². The van der Waals surface area contributed by atoms with Gasteiger partial charge in [-0.15, -0.1) is 0 Å². The van der Waals surface area contributed by atoms with Crippen LogP contribution in [0.15, 0.2) is 0 Å². The third-order valence-corrected chi connectivity index (χ3v) is 3.72. The van der Waals surface area contributed by atoms with E-state index in [-0.39, 0.29) is 18.3 Å². The Kier molecular flexibility index (Phi) is 4.87. The molecule has 0 amide bonds. The summed E-state index contributed by atoms with van der Waals surface area (Å²) in [6.45, 7) is 0. The van der Waals surface area contributed by atoms with E-state index in [0.717, 1.165) is 25.7 Å². The van der Waals surface area contributed by atoms with Gasteiger partial charge >= 0.3 is 6.08 Å². The number of ether oxygens (including phenoxy) is 2. The molecule has 0 aliphatic heterocycles. The maximum absolute atomic E-state index is 8.93. The summed E-state index contributed by atoms with van der Waals surface area (Å²) in [5.74, 6) is 0. The molecule has 2 saturated carbocycles. The Morgan fingerprint density at radius 3 is 1.53 bits per heavy atom. The number of rotatable bonds is 2. The van der Waals surface area contributed by atoms with E-state index in [9.17, 15) is 0 Å². The Morgan fingerprint density at radius 1 is 0.765 bits per heavy atom. The topological polar surface area (TPSA) is 54.9 Å². The standard InChI is InChI=1S/C13H22N2O2/c14-15-13(16-11-7-3-1-4-8-11)17-12-9-5-2-6-10-12/h11-12H,1-10H2. The molecule has 4 nitrogen and oxygen atoms in total. The van der Waals surface area contributed by atoms with E-state index in [4.69, 9.17) is 15.0 Å². The summed E-state index contributed by atoms with van der Waals surface area (Å²) in [4.78, 5) is 3.15. The number of hydrogen-bond donors (Lipinski definition) is 0. The molecule has 2 aliphatic rings. The van der Waals surface area contributed by atoms with Crippen LogP contribution in [0.5, 0.6) is 0 Å². The van der Waals surface area contributed by atoms with E-state index in [1.54, 1.807) is 0 Å². The van der Waals surface area contributed by atoms with Crippen molar-refractivity contribution >= 4 is 6.08 Å². The molecule has 0 aromatic heterocycles. The zero-order valence-corrected chi connectivity index (χ0v) is 10.4. The minimum absolute atomic E-state index is 0.0869. The molecular formula is C13H22N2O2. The van der Waals surface area contributed by atoms with Crippen molar-refractivity contribution in [2.75, 3.05) is 0 Å². The summed E-state index contributed by atoms with van der Waals surface area (Å²) >= 11 is 0. The first-order valence-corrected chi connectivity index (χ1v) is 6.94. The Balaban J connectivity index is 1.77. The van der Waals surface area contributed by atoms with Crippen LogP contribution in [0.1, 0.15) is 64.2 Å². The average molecular weight is 238 g/mol. The van der Waals surface area contributed by atoms with Gasteiger partial charge in [-0.3, -0.25) is 0 Å². The summed E-state index contributed by atoms with van der Waals surface area (Å²) in [5.41, 5.74) is 8.93. The quantitative estimate of drug-likeness (QED) is 0.321. The van der Waals surface area contributed by atoms with Crippen LogP contribution in [0.3, 0.4) is 0 Å². The largest absolute Gasteiger partial charge is 0.667 e. The molecule has 96 valence electrons. The van der Waals surface area contributed by atoms with Gasteiger partial charge in [0.2, 0.25) is 0 Å². The van der Waals surface area contributed by atoms with Crippen molar-refractivity contribution in [3.63, 3.8) is 0 Å². The highest BCUT2D eigenvalue weighted by Crippen LogP contribution is 2.23. The van der Waals surface area contributed by atoms with E-state index in [0.29, 0.717) is 0 Å². The Hall–Kier alpha value is -1.02. The minimum Gasteiger partial charge on any atom is -0.398 e. The average Bonchev–Trinajstić information content (AvgIpc) is 2.40. The third kappa shape index (κ3) is 4.04. The fraction of sp³-hybridized carbons (Fsp3) is 0.923. The van der Waals surface area contributed by atoms with Crippen LogP contribution in [0.25, 0.3) is 5.53 Å². The third-order valence-electron chi connectivity index (χ3n) is 3.72. The first-order valence-electron chi connectivity index (χ1n) is 6.94. The van der Waals surface area contributed by atoms with Crippen LogP contribution in [0.4, 0.5) is 0 Å². The lowest BCUT2D eigenvalue weighted by Crippen LogP contribution is -2.28. The number of hydrogen-bond acceptors (Lipinski definition) is 2. The Labute approximate surface area is 103 Å². The van der Waals surface area contributed by atoms with Gasteiger partial charge in [0.25, 0.3) is 0 Å². The lowest BCUT2D eigenvalue weighted by atomic mass is 9.98. The van der Waals surface area contributed by atoms with E-state index in [1.165, 1.54) is 38.5 Å². The van der Waals surface area contributed by atoms with Crippen LogP contribution >= 0.6 is 0 Å². The van der Waals surface area contributed by atoms with Crippen LogP contribution in [-0.2, 0) is 9.47 Å². The van der Waals surface area contributed by atoms with Gasteiger partial charge in [0, 0.05) is 0 Å². The lowest BCUT2D eigenvalue weighted by Gasteiger charge is -2.23. The molecule has 17 heavy (non-hydrogen) atoms. The fourth-order valence-electron chi connectivity index (χ4n) is 2.73. The normalized spacial score (nSPS) is 22.8. The molecule has 0 aromatic carbocycles. The van der Waals surface area contributed by atoms with Gasteiger partial charge in [0.05, 0.1) is 0 Å². The fourth-order valence-corrected chi connectivity index (χ4v) is 2.73. The van der Waals surface area contributed by atoms with Crippen molar-refractivity contribution in [2.24, 2.45) is 0 Å². The SMILES string of the molecule is [N-]=[N+]=C(OC1CCCCC1)OC1CCCCC1. The summed E-state index contributed by atoms with van der Waals surface area (Å²) < 4.78 is 11.2. The number of nitrogens with zero attached hydrogens (tertiary/aromatic N) is 2. The summed E-state index contributed by atoms with van der Waals surface area (Å²) in [5, 5.41) is 0. The maximum Gasteiger partial charge on any atom is 0.667 e. The molecule has 2 aliphatic carbocycles. The van der Waals surface area contributed by atoms with E-state index in [1.807, 2.05) is 0 Å². The predicted octanol–water partition coefficient (Wildman–Crippen LogP) is 3.27. The summed E-state index contributed by atoms with van der Waals surface area (Å²) in [7, 11) is 0. The van der Waals surface area contributed by atoms with Crippen LogP contribution in [0, 0.1) is 0 Å². The van der Waals surface area contributed by atoms with Crippen LogP contribution in [-0.4, -0.2) is 23.1 Å². The molecule has 0 radical (unpaired) electrons. The smallest absolute Gasteiger partial charge is 0.398 e. The van der Waals surface area contributed by atoms with Crippen molar-refractivity contribution in [3.8, 4) is 0 Å². The highest BCUT2D eigenvalue weighted by atomic mass is 16.7. The van der Waals surface area contributed by atoms with Crippen LogP contribution in [0.2, 0.25) is 0 Å². The maximum atomic E-state index is 8.93. The zero-order valence-electron chi connectivity index (χ0n) is 10.4. The Morgan fingerprint density at radius 2 is 1.18 bits per heavy atom. The first-order chi connectivity index (χ1) is 8.38. The molecular weight excluding hydrogens is 216 g/mol. The van der Waals surface area contributed by atoms with Gasteiger partial charge in [-0.05, 0) is 51.4 Å². The summed E-state index contributed by atoms with van der Waals surface area (Å²) in [6, 6.07) is 0. The van der Waals surface area contributed by atoms with Crippen molar-refractivity contribution in [3.05, 3.63) is 5.53 Å². The second-order valence-corrected chi connectivity index (χ2v) is 5.12. The van der Waals surface area contributed by atoms with E-state index < -0.39 is 0 Å². The molecule has 0 atom stereocenters. The zero-order chi connectivity index (χ0) is 11.9. The minimum atomic E-state index is 0.0869. The molecule has 2 rings (SSSR count). The first kappa shape index (κ1) is 12.4. The van der Waals surface area contributed by atoms with E-state index in [2.05, 4.69) is 4.79 Å². The second-order valence-electron chi connectivity index (χ2n) is 5.12. The second kappa shape index (κ2) is 6.65. The molecule has 4 heteroatoms. The molecule has 0 saturated heterocycles. The van der Waals surface area contributed by atoms with Crippen molar-refractivity contribution in [2.45, 2.75) is 76.4 Å². The molecule has 0 heterocycles. The molecule has 0 N–H and O–H groups in total. The molecule has 0 aromatic rings. The monoisotopic (exact) mass is 238 g/mol. The van der Waals surface area contributed by atoms with Crippen molar-refractivity contribution in [1.29, 1.82) is 0 Å². The summed E-state index contributed by atoms with van der Waals surface area (Å²) in [6.07, 6.45) is 12.0. The van der Waals surface area contributed by atoms with Gasteiger partial charge in [-0.1, -0.05) is 17.6 Å². The van der Waals surface area contributed by atoms with Gasteiger partial charge in [-0.25, -0.2) is 0 Å². The van der Waals surface area contributed by atoms with E-state index >= 15 is 0 Å². The van der Waals surface area contributed by atoms with Gasteiger partial charge in [0.1, 0.15) is 12.2 Å².